The first-order valence-corrected chi connectivity index (χ1v) is 11.0. The first-order chi connectivity index (χ1) is 13.8. The van der Waals surface area contributed by atoms with Crippen LogP contribution in [-0.4, -0.2) is 38.4 Å². The Morgan fingerprint density at radius 1 is 1.21 bits per heavy atom. The number of carbonyl (C=O) groups excluding carboxylic acids is 2. The SMILES string of the molecule is O=C1CN(c2cc3cc(C(=O)NCCc4ccccc4)sc3cc2O)S(=O)(=O)N1. The fourth-order valence-electron chi connectivity index (χ4n) is 3.09. The van der Waals surface area contributed by atoms with Crippen LogP contribution in [0.3, 0.4) is 0 Å². The van der Waals surface area contributed by atoms with Gasteiger partial charge in [0.15, 0.2) is 0 Å². The van der Waals surface area contributed by atoms with Crippen molar-refractivity contribution in [1.82, 2.24) is 10.0 Å². The molecule has 0 aliphatic carbocycles. The quantitative estimate of drug-likeness (QED) is 0.569. The van der Waals surface area contributed by atoms with Crippen molar-refractivity contribution in [2.75, 3.05) is 17.4 Å². The lowest BCUT2D eigenvalue weighted by molar-refractivity contribution is -0.117. The van der Waals surface area contributed by atoms with E-state index in [0.717, 1.165) is 9.87 Å². The molecule has 4 rings (SSSR count). The van der Waals surface area contributed by atoms with Gasteiger partial charge in [-0.25, -0.2) is 9.03 Å². The third-order valence-electron chi connectivity index (χ3n) is 4.47. The van der Waals surface area contributed by atoms with Crippen LogP contribution >= 0.6 is 11.3 Å². The van der Waals surface area contributed by atoms with E-state index in [4.69, 9.17) is 0 Å². The standard InChI is InChI=1S/C19H17N3O5S2/c23-15-10-16-13(8-14(15)22-11-18(24)21-29(22,26)27)9-17(28-16)19(25)20-7-6-12-4-2-1-3-5-12/h1-5,8-10,23H,6-7,11H2,(H,20,25)(H,21,24). The molecule has 2 heterocycles. The first-order valence-electron chi connectivity index (χ1n) is 8.75. The van der Waals surface area contributed by atoms with Gasteiger partial charge >= 0.3 is 10.2 Å². The number of phenolic OH excluding ortho intramolecular Hbond substituents is 1. The number of hydrogen-bond donors (Lipinski definition) is 3. The number of hydrogen-bond acceptors (Lipinski definition) is 6. The Labute approximate surface area is 171 Å². The summed E-state index contributed by atoms with van der Waals surface area (Å²) in [5.41, 5.74) is 1.11. The third kappa shape index (κ3) is 3.89. The van der Waals surface area contributed by atoms with Gasteiger partial charge in [-0.05, 0) is 35.6 Å². The van der Waals surface area contributed by atoms with Gasteiger partial charge in [0.25, 0.3) is 11.8 Å². The van der Waals surface area contributed by atoms with Crippen LogP contribution in [0.5, 0.6) is 5.75 Å². The van der Waals surface area contributed by atoms with Crippen LogP contribution in [0, 0.1) is 0 Å². The van der Waals surface area contributed by atoms with E-state index in [2.05, 4.69) is 5.32 Å². The number of aromatic hydroxyl groups is 1. The summed E-state index contributed by atoms with van der Waals surface area (Å²) in [7, 11) is -4.03. The van der Waals surface area contributed by atoms with Crippen LogP contribution in [0.15, 0.2) is 48.5 Å². The lowest BCUT2D eigenvalue weighted by Gasteiger charge is -2.16. The highest BCUT2D eigenvalue weighted by molar-refractivity contribution is 7.92. The molecule has 1 aromatic heterocycles. The van der Waals surface area contributed by atoms with Crippen LogP contribution in [0.2, 0.25) is 0 Å². The Kier molecular flexibility index (Phi) is 4.89. The van der Waals surface area contributed by atoms with Crippen molar-refractivity contribution >= 4 is 49.1 Å². The summed E-state index contributed by atoms with van der Waals surface area (Å²) in [6.45, 7) is 0.0752. The van der Waals surface area contributed by atoms with Crippen molar-refractivity contribution in [2.24, 2.45) is 0 Å². The molecule has 0 spiro atoms. The zero-order valence-electron chi connectivity index (χ0n) is 15.1. The predicted molar refractivity (Wildman–Crippen MR) is 110 cm³/mol. The van der Waals surface area contributed by atoms with Crippen molar-refractivity contribution in [1.29, 1.82) is 0 Å². The molecule has 1 aliphatic rings. The highest BCUT2D eigenvalue weighted by atomic mass is 32.2. The van der Waals surface area contributed by atoms with Gasteiger partial charge in [-0.3, -0.25) is 9.59 Å². The molecule has 3 N–H and O–H groups in total. The lowest BCUT2D eigenvalue weighted by Crippen LogP contribution is -2.29. The second-order valence-corrected chi connectivity index (χ2v) is 9.20. The molecule has 0 bridgehead atoms. The topological polar surface area (TPSA) is 116 Å². The molecule has 0 saturated carbocycles. The number of nitrogens with one attached hydrogen (secondary N) is 2. The molecule has 2 amide bonds. The van der Waals surface area contributed by atoms with E-state index in [0.29, 0.717) is 27.9 Å². The van der Waals surface area contributed by atoms with E-state index in [-0.39, 0.29) is 17.3 Å². The molecule has 8 nitrogen and oxygen atoms in total. The molecule has 10 heteroatoms. The van der Waals surface area contributed by atoms with E-state index in [1.54, 1.807) is 6.07 Å². The fraction of sp³-hybridized carbons (Fsp3) is 0.158. The van der Waals surface area contributed by atoms with Gasteiger partial charge in [0.05, 0.1) is 10.6 Å². The third-order valence-corrected chi connectivity index (χ3v) is 6.96. The molecule has 0 unspecified atom stereocenters. The number of carbonyl (C=O) groups is 2. The number of fused-ring (bicyclic) bond motifs is 1. The van der Waals surface area contributed by atoms with Crippen LogP contribution < -0.4 is 14.3 Å². The molecular weight excluding hydrogens is 414 g/mol. The van der Waals surface area contributed by atoms with Gasteiger partial charge in [0, 0.05) is 11.2 Å². The Hall–Kier alpha value is -3.11. The Bertz CT molecular complexity index is 1210. The lowest BCUT2D eigenvalue weighted by atomic mass is 10.1. The fourth-order valence-corrected chi connectivity index (χ4v) is 5.24. The van der Waals surface area contributed by atoms with Gasteiger partial charge in [-0.1, -0.05) is 30.3 Å². The average Bonchev–Trinajstić information content (AvgIpc) is 3.20. The zero-order chi connectivity index (χ0) is 20.6. The summed E-state index contributed by atoms with van der Waals surface area (Å²) in [6.07, 6.45) is 0.705. The number of anilines is 1. The van der Waals surface area contributed by atoms with E-state index >= 15 is 0 Å². The van der Waals surface area contributed by atoms with Gasteiger partial charge < -0.3 is 10.4 Å². The molecule has 0 atom stereocenters. The summed E-state index contributed by atoms with van der Waals surface area (Å²) in [5.74, 6) is -1.20. The number of amides is 2. The first kappa shape index (κ1) is 19.2. The number of rotatable bonds is 5. The summed E-state index contributed by atoms with van der Waals surface area (Å²) in [4.78, 5) is 24.3. The minimum atomic E-state index is -4.03. The second kappa shape index (κ2) is 7.37. The summed E-state index contributed by atoms with van der Waals surface area (Å²) in [6, 6.07) is 14.3. The molecule has 29 heavy (non-hydrogen) atoms. The summed E-state index contributed by atoms with van der Waals surface area (Å²) >= 11 is 1.19. The van der Waals surface area contributed by atoms with E-state index in [1.807, 2.05) is 35.1 Å². The summed E-state index contributed by atoms with van der Waals surface area (Å²) < 4.78 is 27.4. The highest BCUT2D eigenvalue weighted by Crippen LogP contribution is 2.38. The molecule has 150 valence electrons. The molecule has 2 aromatic carbocycles. The van der Waals surface area contributed by atoms with Crippen molar-refractivity contribution in [2.45, 2.75) is 6.42 Å². The Balaban J connectivity index is 1.53. The van der Waals surface area contributed by atoms with E-state index in [9.17, 15) is 23.1 Å². The maximum Gasteiger partial charge on any atom is 0.326 e. The number of phenols is 1. The molecule has 3 aromatic rings. The smallest absolute Gasteiger partial charge is 0.326 e. The normalized spacial score (nSPS) is 15.4. The number of nitrogens with zero attached hydrogens (tertiary/aromatic N) is 1. The highest BCUT2D eigenvalue weighted by Gasteiger charge is 2.35. The molecule has 1 fully saturated rings. The van der Waals surface area contributed by atoms with Gasteiger partial charge in [-0.15, -0.1) is 11.3 Å². The van der Waals surface area contributed by atoms with Gasteiger partial charge in [-0.2, -0.15) is 8.42 Å². The van der Waals surface area contributed by atoms with Crippen LogP contribution in [0.1, 0.15) is 15.2 Å². The number of benzene rings is 2. The average molecular weight is 431 g/mol. The maximum atomic E-state index is 12.5. The molecule has 1 saturated heterocycles. The molecule has 1 aliphatic heterocycles. The monoisotopic (exact) mass is 431 g/mol. The van der Waals surface area contributed by atoms with Gasteiger partial charge in [0.2, 0.25) is 0 Å². The largest absolute Gasteiger partial charge is 0.506 e. The van der Waals surface area contributed by atoms with Crippen molar-refractivity contribution in [3.8, 4) is 5.75 Å². The molecular formula is C19H17N3O5S2. The predicted octanol–water partition coefficient (Wildman–Crippen LogP) is 1.76. The van der Waals surface area contributed by atoms with Crippen LogP contribution in [0.4, 0.5) is 5.69 Å². The van der Waals surface area contributed by atoms with Crippen LogP contribution in [0.25, 0.3) is 10.1 Å². The van der Waals surface area contributed by atoms with Crippen molar-refractivity contribution in [3.05, 3.63) is 59.0 Å². The minimum Gasteiger partial charge on any atom is -0.506 e. The summed E-state index contributed by atoms with van der Waals surface area (Å²) in [5, 5.41) is 13.7. The minimum absolute atomic E-state index is 0.00955. The number of thiophene rings is 1. The van der Waals surface area contributed by atoms with Gasteiger partial charge in [0.1, 0.15) is 12.3 Å². The zero-order valence-corrected chi connectivity index (χ0v) is 16.7. The maximum absolute atomic E-state index is 12.5. The van der Waals surface area contributed by atoms with Crippen molar-refractivity contribution < 1.29 is 23.1 Å². The second-order valence-electron chi connectivity index (χ2n) is 6.52. The van der Waals surface area contributed by atoms with E-state index in [1.165, 1.54) is 23.5 Å². The van der Waals surface area contributed by atoms with Crippen LogP contribution in [-0.2, 0) is 21.4 Å². The molecule has 0 radical (unpaired) electrons. The Morgan fingerprint density at radius 3 is 2.66 bits per heavy atom. The van der Waals surface area contributed by atoms with E-state index < -0.39 is 22.7 Å². The van der Waals surface area contributed by atoms with Crippen molar-refractivity contribution in [3.63, 3.8) is 0 Å². The Morgan fingerprint density at radius 2 is 1.97 bits per heavy atom.